The van der Waals surface area contributed by atoms with E-state index < -0.39 is 0 Å². The molecule has 0 saturated heterocycles. The molecule has 0 rings (SSSR count). The topological polar surface area (TPSA) is 79.9 Å². The van der Waals surface area contributed by atoms with E-state index in [0.29, 0.717) is 13.2 Å². The summed E-state index contributed by atoms with van der Waals surface area (Å²) in [6, 6.07) is 0.260. The maximum atomic E-state index is 8.24. The highest BCUT2D eigenvalue weighted by atomic mass is 16.5. The van der Waals surface area contributed by atoms with E-state index in [4.69, 9.17) is 15.7 Å². The summed E-state index contributed by atoms with van der Waals surface area (Å²) < 4.78 is 4.96. The Morgan fingerprint density at radius 3 is 2.83 bits per heavy atom. The normalized spacial score (nSPS) is 14.7. The van der Waals surface area contributed by atoms with Crippen LogP contribution < -0.4 is 11.1 Å². The van der Waals surface area contributed by atoms with Gasteiger partial charge in [0.2, 0.25) is 0 Å². The Labute approximate surface area is 72.6 Å². The monoisotopic (exact) mass is 175 g/mol. The molecule has 0 heterocycles. The van der Waals surface area contributed by atoms with Gasteiger partial charge in [0.05, 0.1) is 13.2 Å². The molecule has 5 heteroatoms. The minimum absolute atomic E-state index is 0.185. The van der Waals surface area contributed by atoms with Crippen LogP contribution in [-0.4, -0.2) is 37.3 Å². The molecule has 0 aromatic heterocycles. The number of nitrogens with one attached hydrogen (secondary N) is 1. The van der Waals surface area contributed by atoms with Gasteiger partial charge in [-0.1, -0.05) is 12.1 Å². The Balaban J connectivity index is 3.57. The molecular formula is C7H17N3O2. The van der Waals surface area contributed by atoms with Gasteiger partial charge in [-0.2, -0.15) is 0 Å². The van der Waals surface area contributed by atoms with Crippen LogP contribution in [0.2, 0.25) is 0 Å². The van der Waals surface area contributed by atoms with E-state index in [-0.39, 0.29) is 11.9 Å². The van der Waals surface area contributed by atoms with Crippen LogP contribution in [0.3, 0.4) is 0 Å². The van der Waals surface area contributed by atoms with Crippen molar-refractivity contribution in [1.82, 2.24) is 5.32 Å². The molecule has 0 bridgehead atoms. The van der Waals surface area contributed by atoms with E-state index >= 15 is 0 Å². The Morgan fingerprint density at radius 1 is 1.75 bits per heavy atom. The highest BCUT2D eigenvalue weighted by Gasteiger charge is 2.04. The fourth-order valence-electron chi connectivity index (χ4n) is 0.807. The molecule has 0 radical (unpaired) electrons. The minimum atomic E-state index is 0.185. The first-order valence-electron chi connectivity index (χ1n) is 3.93. The predicted octanol–water partition coefficient (Wildman–Crippen LogP) is -0.253. The average Bonchev–Trinajstić information content (AvgIpc) is 2.11. The van der Waals surface area contributed by atoms with Crippen molar-refractivity contribution >= 4 is 5.84 Å². The lowest BCUT2D eigenvalue weighted by Crippen LogP contribution is -2.38. The zero-order chi connectivity index (χ0) is 9.40. The number of methoxy groups -OCH3 is 1. The molecule has 0 saturated carbocycles. The summed E-state index contributed by atoms with van der Waals surface area (Å²) in [5, 5.41) is 14.2. The van der Waals surface area contributed by atoms with Crippen LogP contribution in [0.4, 0.5) is 0 Å². The fourth-order valence-corrected chi connectivity index (χ4v) is 0.807. The second kappa shape index (κ2) is 6.87. The number of rotatable bonds is 6. The Morgan fingerprint density at radius 2 is 2.42 bits per heavy atom. The van der Waals surface area contributed by atoms with E-state index in [9.17, 15) is 0 Å². The molecule has 12 heavy (non-hydrogen) atoms. The molecule has 0 amide bonds. The van der Waals surface area contributed by atoms with Crippen LogP contribution in [-0.2, 0) is 4.74 Å². The van der Waals surface area contributed by atoms with Gasteiger partial charge >= 0.3 is 0 Å². The van der Waals surface area contributed by atoms with Crippen molar-refractivity contribution < 1.29 is 9.94 Å². The van der Waals surface area contributed by atoms with E-state index in [1.54, 1.807) is 7.11 Å². The standard InChI is InChI=1S/C7H17N3O2/c1-3-6(5-12-2)9-4-7(8)10-11/h6,9,11H,3-5H2,1-2H3,(H2,8,10). The van der Waals surface area contributed by atoms with E-state index in [1.807, 2.05) is 6.92 Å². The van der Waals surface area contributed by atoms with Gasteiger partial charge in [-0.15, -0.1) is 0 Å². The van der Waals surface area contributed by atoms with E-state index in [2.05, 4.69) is 10.5 Å². The summed E-state index contributed by atoms with van der Waals surface area (Å²) in [7, 11) is 1.65. The number of nitrogens with two attached hydrogens (primary N) is 1. The second-order valence-corrected chi connectivity index (χ2v) is 2.53. The minimum Gasteiger partial charge on any atom is -0.409 e. The molecule has 1 atom stereocenters. The molecule has 0 aromatic carbocycles. The maximum absolute atomic E-state index is 8.24. The molecular weight excluding hydrogens is 158 g/mol. The van der Waals surface area contributed by atoms with Gasteiger partial charge in [-0.3, -0.25) is 0 Å². The number of hydrogen-bond donors (Lipinski definition) is 3. The Hall–Kier alpha value is -0.810. The lowest BCUT2D eigenvalue weighted by Gasteiger charge is -2.14. The van der Waals surface area contributed by atoms with Crippen molar-refractivity contribution in [3.8, 4) is 0 Å². The molecule has 0 aliphatic rings. The smallest absolute Gasteiger partial charge is 0.153 e. The number of hydrogen-bond acceptors (Lipinski definition) is 4. The van der Waals surface area contributed by atoms with Crippen LogP contribution >= 0.6 is 0 Å². The number of oxime groups is 1. The highest BCUT2D eigenvalue weighted by Crippen LogP contribution is 1.89. The zero-order valence-electron chi connectivity index (χ0n) is 7.58. The van der Waals surface area contributed by atoms with Crippen molar-refractivity contribution in [2.75, 3.05) is 20.3 Å². The first-order valence-corrected chi connectivity index (χ1v) is 3.93. The lowest BCUT2D eigenvalue weighted by molar-refractivity contribution is 0.166. The van der Waals surface area contributed by atoms with Crippen molar-refractivity contribution in [2.24, 2.45) is 10.9 Å². The molecule has 0 aliphatic heterocycles. The van der Waals surface area contributed by atoms with Crippen LogP contribution in [0.1, 0.15) is 13.3 Å². The second-order valence-electron chi connectivity index (χ2n) is 2.53. The third kappa shape index (κ3) is 4.92. The Kier molecular flexibility index (Phi) is 6.41. The van der Waals surface area contributed by atoms with Crippen LogP contribution in [0.5, 0.6) is 0 Å². The quantitative estimate of drug-likeness (QED) is 0.225. The SMILES string of the molecule is CCC(COC)NCC(N)=NO. The summed E-state index contributed by atoms with van der Waals surface area (Å²) in [6.07, 6.45) is 0.951. The summed E-state index contributed by atoms with van der Waals surface area (Å²) in [5.41, 5.74) is 5.27. The van der Waals surface area contributed by atoms with Gasteiger partial charge in [0.25, 0.3) is 0 Å². The third-order valence-corrected chi connectivity index (χ3v) is 1.56. The molecule has 0 aromatic rings. The number of ether oxygens (including phenoxy) is 1. The zero-order valence-corrected chi connectivity index (χ0v) is 7.58. The van der Waals surface area contributed by atoms with Crippen LogP contribution in [0.25, 0.3) is 0 Å². The molecule has 5 nitrogen and oxygen atoms in total. The van der Waals surface area contributed by atoms with Gasteiger partial charge < -0.3 is 21.0 Å². The van der Waals surface area contributed by atoms with Crippen molar-refractivity contribution in [2.45, 2.75) is 19.4 Å². The molecule has 72 valence electrons. The summed E-state index contributed by atoms with van der Waals surface area (Å²) in [6.45, 7) is 3.07. The molecule has 0 spiro atoms. The van der Waals surface area contributed by atoms with Gasteiger partial charge in [0.15, 0.2) is 5.84 Å². The van der Waals surface area contributed by atoms with Crippen molar-refractivity contribution in [3.05, 3.63) is 0 Å². The van der Waals surface area contributed by atoms with Gasteiger partial charge in [0, 0.05) is 13.2 Å². The highest BCUT2D eigenvalue weighted by molar-refractivity contribution is 5.81. The third-order valence-electron chi connectivity index (χ3n) is 1.56. The largest absolute Gasteiger partial charge is 0.409 e. The molecule has 1 unspecified atom stereocenters. The maximum Gasteiger partial charge on any atom is 0.153 e. The van der Waals surface area contributed by atoms with Crippen LogP contribution in [0.15, 0.2) is 5.16 Å². The first-order chi connectivity index (χ1) is 5.74. The fraction of sp³-hybridized carbons (Fsp3) is 0.857. The molecule has 4 N–H and O–H groups in total. The van der Waals surface area contributed by atoms with Crippen molar-refractivity contribution in [3.63, 3.8) is 0 Å². The summed E-state index contributed by atoms with van der Waals surface area (Å²) in [4.78, 5) is 0. The lowest BCUT2D eigenvalue weighted by atomic mass is 10.2. The van der Waals surface area contributed by atoms with E-state index in [0.717, 1.165) is 6.42 Å². The predicted molar refractivity (Wildman–Crippen MR) is 47.4 cm³/mol. The average molecular weight is 175 g/mol. The van der Waals surface area contributed by atoms with Gasteiger partial charge in [0.1, 0.15) is 0 Å². The van der Waals surface area contributed by atoms with Gasteiger partial charge in [-0.25, -0.2) is 0 Å². The summed E-state index contributed by atoms with van der Waals surface area (Å²) >= 11 is 0. The van der Waals surface area contributed by atoms with Gasteiger partial charge in [-0.05, 0) is 6.42 Å². The first kappa shape index (κ1) is 11.2. The number of nitrogens with zero attached hydrogens (tertiary/aromatic N) is 1. The number of amidine groups is 1. The summed E-state index contributed by atoms with van der Waals surface area (Å²) in [5.74, 6) is 0.185. The van der Waals surface area contributed by atoms with Crippen molar-refractivity contribution in [1.29, 1.82) is 0 Å². The molecule has 0 aliphatic carbocycles. The van der Waals surface area contributed by atoms with Crippen LogP contribution in [0, 0.1) is 0 Å². The Bertz CT molecular complexity index is 139. The molecule has 0 fully saturated rings. The van der Waals surface area contributed by atoms with E-state index in [1.165, 1.54) is 0 Å².